The Morgan fingerprint density at radius 2 is 1.70 bits per heavy atom. The van der Waals surface area contributed by atoms with Crippen LogP contribution in [0.15, 0.2) is 68.6 Å². The number of nitrogens with one attached hydrogen (secondary N) is 1. The van der Waals surface area contributed by atoms with E-state index in [4.69, 9.17) is 32.6 Å². The van der Waals surface area contributed by atoms with Crippen LogP contribution in [-0.4, -0.2) is 37.8 Å². The zero-order valence-electron chi connectivity index (χ0n) is 16.7. The number of thioether (sulfide) groups is 1. The van der Waals surface area contributed by atoms with E-state index in [0.717, 1.165) is 11.1 Å². The minimum Gasteiger partial charge on any atom is -0.475 e. The number of halogens is 4. The molecule has 0 amide bonds. The molecule has 6 nitrogen and oxygen atoms in total. The smallest absolute Gasteiger partial charge is 0.475 e. The van der Waals surface area contributed by atoms with E-state index >= 15 is 0 Å². The van der Waals surface area contributed by atoms with Gasteiger partial charge < -0.3 is 10.8 Å². The first-order valence-corrected chi connectivity index (χ1v) is 12.6. The van der Waals surface area contributed by atoms with Crippen LogP contribution in [0, 0.1) is 5.41 Å². The zero-order valence-corrected chi connectivity index (χ0v) is 19.9. The molecule has 176 valence electrons. The molecule has 1 aromatic heterocycles. The number of benzene rings is 2. The van der Waals surface area contributed by atoms with Crippen LogP contribution in [0.25, 0.3) is 11.1 Å². The number of nitrogens with two attached hydrogens (primary N) is 1. The molecule has 2 aromatic carbocycles. The van der Waals surface area contributed by atoms with E-state index in [-0.39, 0.29) is 15.6 Å². The molecule has 1 heterocycles. The summed E-state index contributed by atoms with van der Waals surface area (Å²) in [6, 6.07) is 15.5. The Morgan fingerprint density at radius 3 is 2.18 bits per heavy atom. The number of aliphatic carboxylic acids is 1. The normalized spacial score (nSPS) is 11.4. The highest BCUT2D eigenvalue weighted by atomic mass is 35.5. The van der Waals surface area contributed by atoms with Crippen LogP contribution in [0.4, 0.5) is 13.2 Å². The van der Waals surface area contributed by atoms with Crippen LogP contribution in [0.2, 0.25) is 5.02 Å². The zero-order chi connectivity index (χ0) is 25.0. The van der Waals surface area contributed by atoms with Crippen molar-refractivity contribution in [1.82, 2.24) is 0 Å². The van der Waals surface area contributed by atoms with Gasteiger partial charge in [0, 0.05) is 5.02 Å². The highest BCUT2D eigenvalue weighted by Gasteiger charge is 2.38. The predicted octanol–water partition coefficient (Wildman–Crippen LogP) is 5.54. The summed E-state index contributed by atoms with van der Waals surface area (Å²) in [7, 11) is -3.72. The average Bonchev–Trinajstić information content (AvgIpc) is 3.20. The van der Waals surface area contributed by atoms with Gasteiger partial charge in [-0.15, -0.1) is 23.1 Å². The van der Waals surface area contributed by atoms with Crippen molar-refractivity contribution in [1.29, 1.82) is 5.41 Å². The quantitative estimate of drug-likeness (QED) is 0.223. The summed E-state index contributed by atoms with van der Waals surface area (Å²) in [6.07, 6.45) is -3.28. The molecule has 3 aromatic rings. The van der Waals surface area contributed by atoms with Crippen molar-refractivity contribution in [3.63, 3.8) is 0 Å². The fourth-order valence-corrected chi connectivity index (χ4v) is 6.46. The van der Waals surface area contributed by atoms with E-state index in [1.165, 1.54) is 29.2 Å². The molecule has 0 bridgehead atoms. The van der Waals surface area contributed by atoms with Crippen LogP contribution in [0.5, 0.6) is 0 Å². The molecule has 0 aliphatic heterocycles. The summed E-state index contributed by atoms with van der Waals surface area (Å²) < 4.78 is 58.6. The standard InChI is InChI=1S/C18H15ClN2O2S3.C2HF3O2/c1-24-18-16(10-15(25-18)17(20)21)26(22,23)14-4-2-3-12(9-14)11-5-7-13(19)8-6-11;3-2(4,5)1(6)7/h2-10H,1H3,(H3,20,21);(H,6,7). The van der Waals surface area contributed by atoms with E-state index in [0.29, 0.717) is 14.1 Å². The molecular weight excluding hydrogens is 521 g/mol. The summed E-state index contributed by atoms with van der Waals surface area (Å²) in [5, 5.41) is 15.3. The second-order valence-corrected chi connectivity index (χ2v) is 10.7. The van der Waals surface area contributed by atoms with E-state index in [2.05, 4.69) is 0 Å². The SMILES string of the molecule is CSc1sc(C(=N)N)cc1S(=O)(=O)c1cccc(-c2ccc(Cl)cc2)c1.O=C(O)C(F)(F)F. The third-order valence-electron chi connectivity index (χ3n) is 3.97. The number of carboxylic acids is 1. The van der Waals surface area contributed by atoms with Crippen molar-refractivity contribution in [2.75, 3.05) is 6.26 Å². The molecule has 0 aliphatic rings. The largest absolute Gasteiger partial charge is 0.490 e. The molecule has 4 N–H and O–H groups in total. The van der Waals surface area contributed by atoms with Gasteiger partial charge in [0.1, 0.15) is 5.84 Å². The van der Waals surface area contributed by atoms with Gasteiger partial charge in [0.2, 0.25) is 9.84 Å². The molecule has 0 spiro atoms. The van der Waals surface area contributed by atoms with Gasteiger partial charge in [-0.1, -0.05) is 35.9 Å². The van der Waals surface area contributed by atoms with Crippen LogP contribution in [0.1, 0.15) is 4.88 Å². The van der Waals surface area contributed by atoms with Crippen LogP contribution >= 0.6 is 34.7 Å². The molecule has 0 atom stereocenters. The number of alkyl halides is 3. The molecule has 0 aliphatic carbocycles. The Balaban J connectivity index is 0.000000479. The maximum atomic E-state index is 13.1. The first kappa shape index (κ1) is 26.7. The monoisotopic (exact) mass is 536 g/mol. The molecule has 3 rings (SSSR count). The molecule has 33 heavy (non-hydrogen) atoms. The van der Waals surface area contributed by atoms with Gasteiger partial charge in [-0.3, -0.25) is 5.41 Å². The number of carboxylic acid groups (broad SMARTS) is 1. The first-order chi connectivity index (χ1) is 15.3. The van der Waals surface area contributed by atoms with Gasteiger partial charge >= 0.3 is 12.1 Å². The van der Waals surface area contributed by atoms with Gasteiger partial charge in [0.05, 0.1) is 18.9 Å². The summed E-state index contributed by atoms with van der Waals surface area (Å²) in [5.41, 5.74) is 7.19. The van der Waals surface area contributed by atoms with Gasteiger partial charge in [-0.2, -0.15) is 13.2 Å². The lowest BCUT2D eigenvalue weighted by molar-refractivity contribution is -0.192. The highest BCUT2D eigenvalue weighted by Crippen LogP contribution is 2.37. The third kappa shape index (κ3) is 6.73. The molecular formula is C20H16ClF3N2O4S3. The maximum absolute atomic E-state index is 13.1. The number of rotatable bonds is 5. The number of hydrogen-bond acceptors (Lipinski definition) is 6. The lowest BCUT2D eigenvalue weighted by Gasteiger charge is -2.08. The highest BCUT2D eigenvalue weighted by molar-refractivity contribution is 8.01. The predicted molar refractivity (Wildman–Crippen MR) is 123 cm³/mol. The van der Waals surface area contributed by atoms with E-state index in [1.54, 1.807) is 36.6 Å². The molecule has 13 heteroatoms. The van der Waals surface area contributed by atoms with Gasteiger partial charge in [-0.25, -0.2) is 13.2 Å². The molecule has 0 fully saturated rings. The van der Waals surface area contributed by atoms with Crippen molar-refractivity contribution >= 4 is 56.3 Å². The lowest BCUT2D eigenvalue weighted by Crippen LogP contribution is -2.21. The van der Waals surface area contributed by atoms with Crippen LogP contribution in [0.3, 0.4) is 0 Å². The van der Waals surface area contributed by atoms with Crippen molar-refractivity contribution < 1.29 is 31.5 Å². The van der Waals surface area contributed by atoms with Crippen molar-refractivity contribution in [3.8, 4) is 11.1 Å². The first-order valence-electron chi connectivity index (χ1n) is 8.70. The fourth-order valence-electron chi connectivity index (χ4n) is 2.43. The fraction of sp³-hybridized carbons (Fsp3) is 0.100. The Labute approximate surface area is 200 Å². The molecule has 0 radical (unpaired) electrons. The molecule has 0 saturated carbocycles. The summed E-state index contributed by atoms with van der Waals surface area (Å²) in [5.74, 6) is -2.89. The van der Waals surface area contributed by atoms with Gasteiger partial charge in [-0.05, 0) is 47.7 Å². The summed E-state index contributed by atoms with van der Waals surface area (Å²) in [4.78, 5) is 9.73. The number of sulfone groups is 1. The van der Waals surface area contributed by atoms with Crippen molar-refractivity contribution in [2.45, 2.75) is 20.2 Å². The molecule has 0 unspecified atom stereocenters. The summed E-state index contributed by atoms with van der Waals surface area (Å²) >= 11 is 8.46. The number of carbonyl (C=O) groups is 1. The van der Waals surface area contributed by atoms with Gasteiger partial charge in [0.25, 0.3) is 0 Å². The lowest BCUT2D eigenvalue weighted by atomic mass is 10.1. The minimum absolute atomic E-state index is 0.137. The second kappa shape index (κ2) is 10.6. The number of nitrogen functional groups attached to an aromatic ring is 1. The van der Waals surface area contributed by atoms with E-state index in [1.807, 2.05) is 18.2 Å². The Hall–Kier alpha value is -2.54. The van der Waals surface area contributed by atoms with Crippen LogP contribution < -0.4 is 5.73 Å². The number of amidine groups is 1. The third-order valence-corrected chi connectivity index (χ3v) is 8.56. The van der Waals surface area contributed by atoms with E-state index in [9.17, 15) is 21.6 Å². The van der Waals surface area contributed by atoms with Crippen molar-refractivity contribution in [3.05, 3.63) is 64.5 Å². The topological polar surface area (TPSA) is 121 Å². The Bertz CT molecular complexity index is 1270. The summed E-state index contributed by atoms with van der Waals surface area (Å²) in [6.45, 7) is 0. The minimum atomic E-state index is -5.08. The number of thiophene rings is 1. The Morgan fingerprint density at radius 1 is 1.12 bits per heavy atom. The van der Waals surface area contributed by atoms with Crippen molar-refractivity contribution in [2.24, 2.45) is 5.73 Å². The second-order valence-electron chi connectivity index (χ2n) is 6.22. The van der Waals surface area contributed by atoms with Gasteiger partial charge in [0.15, 0.2) is 0 Å². The molecule has 0 saturated heterocycles. The maximum Gasteiger partial charge on any atom is 0.490 e. The Kier molecular flexibility index (Phi) is 8.57. The van der Waals surface area contributed by atoms with Crippen LogP contribution in [-0.2, 0) is 14.6 Å². The van der Waals surface area contributed by atoms with E-state index < -0.39 is 22.0 Å². The number of hydrogen-bond donors (Lipinski definition) is 3. The average molecular weight is 537 g/mol.